The average Bonchev–Trinajstić information content (AvgIpc) is 3.04. The van der Waals surface area contributed by atoms with Gasteiger partial charge in [-0.25, -0.2) is 14.2 Å². The average molecular weight is 397 g/mol. The third-order valence-electron chi connectivity index (χ3n) is 3.32. The third-order valence-corrected chi connectivity index (χ3v) is 4.06. The van der Waals surface area contributed by atoms with Crippen molar-refractivity contribution in [1.82, 2.24) is 9.13 Å². The lowest BCUT2D eigenvalue weighted by Crippen LogP contribution is -2.34. The van der Waals surface area contributed by atoms with E-state index in [2.05, 4.69) is 15.9 Å². The van der Waals surface area contributed by atoms with Gasteiger partial charge in [-0.2, -0.15) is 0 Å². The maximum absolute atomic E-state index is 12.4. The molecule has 0 saturated heterocycles. The normalized spacial score (nSPS) is 13.2. The lowest BCUT2D eigenvalue weighted by Gasteiger charge is -2.18. The highest BCUT2D eigenvalue weighted by Crippen LogP contribution is 2.37. The summed E-state index contributed by atoms with van der Waals surface area (Å²) in [7, 11) is 0. The van der Waals surface area contributed by atoms with Crippen molar-refractivity contribution >= 4 is 22.0 Å². The first-order chi connectivity index (χ1) is 11.2. The Labute approximate surface area is 146 Å². The van der Waals surface area contributed by atoms with Crippen LogP contribution in [0.3, 0.4) is 0 Å². The van der Waals surface area contributed by atoms with E-state index in [-0.39, 0.29) is 13.3 Å². The van der Waals surface area contributed by atoms with Gasteiger partial charge in [0.25, 0.3) is 0 Å². The van der Waals surface area contributed by atoms with Crippen LogP contribution in [0.4, 0.5) is 4.79 Å². The van der Waals surface area contributed by atoms with E-state index in [1.807, 2.05) is 6.07 Å². The Hall–Kier alpha value is -2.22. The Bertz CT molecular complexity index is 847. The molecule has 0 amide bonds. The van der Waals surface area contributed by atoms with Crippen LogP contribution in [0.1, 0.15) is 26.3 Å². The SMILES string of the molecule is CC(C)(C)OC(=O)n1ccn(Cc2cc3c(cc2Br)OCO3)c1=O. The summed E-state index contributed by atoms with van der Waals surface area (Å²) in [6.07, 6.45) is 2.25. The highest BCUT2D eigenvalue weighted by atomic mass is 79.9. The summed E-state index contributed by atoms with van der Waals surface area (Å²) in [4.78, 5) is 24.4. The summed E-state index contributed by atoms with van der Waals surface area (Å²) >= 11 is 3.46. The van der Waals surface area contributed by atoms with Crippen molar-refractivity contribution in [3.8, 4) is 11.5 Å². The molecule has 128 valence electrons. The number of rotatable bonds is 2. The molecule has 2 aromatic rings. The quantitative estimate of drug-likeness (QED) is 0.779. The second-order valence-corrected chi connectivity index (χ2v) is 7.21. The fraction of sp³-hybridized carbons (Fsp3) is 0.375. The van der Waals surface area contributed by atoms with Crippen molar-refractivity contribution < 1.29 is 19.0 Å². The number of ether oxygens (including phenoxy) is 3. The van der Waals surface area contributed by atoms with E-state index in [4.69, 9.17) is 14.2 Å². The van der Waals surface area contributed by atoms with Crippen LogP contribution in [0.25, 0.3) is 0 Å². The van der Waals surface area contributed by atoms with Crippen molar-refractivity contribution in [3.63, 3.8) is 0 Å². The Balaban J connectivity index is 1.85. The van der Waals surface area contributed by atoms with Gasteiger partial charge in [0.1, 0.15) is 5.60 Å². The first-order valence-corrected chi connectivity index (χ1v) is 8.13. The van der Waals surface area contributed by atoms with Crippen LogP contribution >= 0.6 is 15.9 Å². The lowest BCUT2D eigenvalue weighted by molar-refractivity contribution is 0.0530. The number of hydrogen-bond donors (Lipinski definition) is 0. The number of nitrogens with zero attached hydrogens (tertiary/aromatic N) is 2. The van der Waals surface area contributed by atoms with Crippen LogP contribution in [0.5, 0.6) is 11.5 Å². The van der Waals surface area contributed by atoms with Gasteiger partial charge in [-0.05, 0) is 38.5 Å². The number of fused-ring (bicyclic) bond motifs is 1. The van der Waals surface area contributed by atoms with E-state index in [0.29, 0.717) is 11.5 Å². The zero-order valence-corrected chi connectivity index (χ0v) is 15.1. The maximum Gasteiger partial charge on any atom is 0.422 e. The maximum atomic E-state index is 12.4. The fourth-order valence-electron chi connectivity index (χ4n) is 2.25. The number of carbonyl (C=O) groups excluding carboxylic acids is 1. The second-order valence-electron chi connectivity index (χ2n) is 6.36. The van der Waals surface area contributed by atoms with Gasteiger partial charge in [-0.15, -0.1) is 0 Å². The molecule has 3 rings (SSSR count). The molecule has 0 aliphatic carbocycles. The molecular formula is C16H17BrN2O5. The Kier molecular flexibility index (Phi) is 4.16. The number of aromatic nitrogens is 2. The Morgan fingerprint density at radius 1 is 1.25 bits per heavy atom. The van der Waals surface area contributed by atoms with Gasteiger partial charge in [-0.3, -0.25) is 4.57 Å². The topological polar surface area (TPSA) is 71.7 Å². The van der Waals surface area contributed by atoms with E-state index in [1.54, 1.807) is 33.0 Å². The minimum absolute atomic E-state index is 0.181. The number of carbonyl (C=O) groups is 1. The predicted molar refractivity (Wildman–Crippen MR) is 89.7 cm³/mol. The predicted octanol–water partition coefficient (Wildman–Crippen LogP) is 2.97. The van der Waals surface area contributed by atoms with Gasteiger partial charge in [0, 0.05) is 16.9 Å². The largest absolute Gasteiger partial charge is 0.454 e. The van der Waals surface area contributed by atoms with Gasteiger partial charge >= 0.3 is 11.8 Å². The molecule has 8 heteroatoms. The van der Waals surface area contributed by atoms with Crippen LogP contribution in [0.15, 0.2) is 33.8 Å². The summed E-state index contributed by atoms with van der Waals surface area (Å²) < 4.78 is 19.0. The monoisotopic (exact) mass is 396 g/mol. The molecule has 7 nitrogen and oxygen atoms in total. The first-order valence-electron chi connectivity index (χ1n) is 7.34. The molecule has 0 spiro atoms. The number of hydrogen-bond acceptors (Lipinski definition) is 5. The molecule has 2 heterocycles. The zero-order valence-electron chi connectivity index (χ0n) is 13.5. The third kappa shape index (κ3) is 3.33. The molecule has 0 saturated carbocycles. The minimum Gasteiger partial charge on any atom is -0.454 e. The van der Waals surface area contributed by atoms with E-state index >= 15 is 0 Å². The molecule has 1 aliphatic heterocycles. The van der Waals surface area contributed by atoms with Crippen LogP contribution in [0, 0.1) is 0 Å². The summed E-state index contributed by atoms with van der Waals surface area (Å²) in [6.45, 7) is 5.70. The van der Waals surface area contributed by atoms with E-state index in [9.17, 15) is 9.59 Å². The van der Waals surface area contributed by atoms with E-state index in [0.717, 1.165) is 14.6 Å². The highest BCUT2D eigenvalue weighted by Gasteiger charge is 2.21. The van der Waals surface area contributed by atoms with E-state index < -0.39 is 17.4 Å². The van der Waals surface area contributed by atoms with Crippen molar-refractivity contribution in [2.24, 2.45) is 0 Å². The molecule has 24 heavy (non-hydrogen) atoms. The van der Waals surface area contributed by atoms with Gasteiger partial charge in [0.05, 0.1) is 6.54 Å². The van der Waals surface area contributed by atoms with Crippen molar-refractivity contribution in [2.75, 3.05) is 6.79 Å². The molecule has 1 aliphatic rings. The number of benzene rings is 1. The van der Waals surface area contributed by atoms with Crippen LogP contribution in [-0.4, -0.2) is 27.6 Å². The zero-order chi connectivity index (χ0) is 17.5. The molecule has 0 N–H and O–H groups in total. The Morgan fingerprint density at radius 3 is 2.58 bits per heavy atom. The second kappa shape index (κ2) is 6.01. The van der Waals surface area contributed by atoms with Crippen LogP contribution in [0.2, 0.25) is 0 Å². The summed E-state index contributed by atoms with van der Waals surface area (Å²) in [5, 5.41) is 0. The molecule has 0 bridgehead atoms. The molecule has 1 aromatic carbocycles. The molecular weight excluding hydrogens is 380 g/mol. The van der Waals surface area contributed by atoms with Crippen LogP contribution in [-0.2, 0) is 11.3 Å². The van der Waals surface area contributed by atoms with Gasteiger partial charge in [-0.1, -0.05) is 15.9 Å². The standard InChI is InChI=1S/C16H17BrN2O5/c1-16(2,3)24-15(21)19-5-4-18(14(19)20)8-10-6-12-13(7-11(10)17)23-9-22-12/h4-7H,8-9H2,1-3H3. The summed E-state index contributed by atoms with van der Waals surface area (Å²) in [5.74, 6) is 1.29. The van der Waals surface area contributed by atoms with Crippen LogP contribution < -0.4 is 15.2 Å². The molecule has 1 aromatic heterocycles. The summed E-state index contributed by atoms with van der Waals surface area (Å²) in [6, 6.07) is 3.61. The van der Waals surface area contributed by atoms with Crippen molar-refractivity contribution in [2.45, 2.75) is 32.9 Å². The molecule has 0 fully saturated rings. The minimum atomic E-state index is -0.698. The van der Waals surface area contributed by atoms with Gasteiger partial charge in [0.15, 0.2) is 11.5 Å². The lowest BCUT2D eigenvalue weighted by atomic mass is 10.2. The van der Waals surface area contributed by atoms with E-state index in [1.165, 1.54) is 10.8 Å². The molecule has 0 radical (unpaired) electrons. The number of imidazole rings is 1. The van der Waals surface area contributed by atoms with Crippen molar-refractivity contribution in [3.05, 3.63) is 45.0 Å². The number of halogens is 1. The molecule has 0 unspecified atom stereocenters. The van der Waals surface area contributed by atoms with Crippen molar-refractivity contribution in [1.29, 1.82) is 0 Å². The fourth-order valence-corrected chi connectivity index (χ4v) is 2.70. The first kappa shape index (κ1) is 16.6. The molecule has 0 atom stereocenters. The Morgan fingerprint density at radius 2 is 1.92 bits per heavy atom. The highest BCUT2D eigenvalue weighted by molar-refractivity contribution is 9.10. The summed E-state index contributed by atoms with van der Waals surface area (Å²) in [5.41, 5.74) is -0.295. The smallest absolute Gasteiger partial charge is 0.422 e. The van der Waals surface area contributed by atoms with Gasteiger partial charge in [0.2, 0.25) is 6.79 Å². The van der Waals surface area contributed by atoms with Gasteiger partial charge < -0.3 is 14.2 Å².